The molecule has 1 aliphatic heterocycles. The Morgan fingerprint density at radius 3 is 2.44 bits per heavy atom. The molecular formula is C12H23NO3. The average Bonchev–Trinajstić information content (AvgIpc) is 2.43. The van der Waals surface area contributed by atoms with E-state index in [0.29, 0.717) is 6.42 Å². The second-order valence-electron chi connectivity index (χ2n) is 5.67. The number of hydrogen-bond donors (Lipinski definition) is 1. The number of rotatable bonds is 2. The number of aliphatic hydroxyl groups is 1. The lowest BCUT2D eigenvalue weighted by Crippen LogP contribution is -2.47. The van der Waals surface area contributed by atoms with E-state index < -0.39 is 17.7 Å². The Morgan fingerprint density at radius 2 is 2.00 bits per heavy atom. The summed E-state index contributed by atoms with van der Waals surface area (Å²) in [6.45, 7) is 10.3. The Morgan fingerprint density at radius 1 is 1.44 bits per heavy atom. The first-order valence-electron chi connectivity index (χ1n) is 5.89. The first-order chi connectivity index (χ1) is 7.22. The van der Waals surface area contributed by atoms with Gasteiger partial charge in [0.05, 0.1) is 6.10 Å². The number of carbonyl (C=O) groups excluding carboxylic acids is 1. The molecule has 1 aliphatic rings. The normalized spacial score (nSPS) is 27.4. The first kappa shape index (κ1) is 13.5. The molecule has 0 amide bonds. The number of aliphatic hydroxyl groups excluding tert-OH is 1. The fourth-order valence-corrected chi connectivity index (χ4v) is 2.03. The SMILES string of the molecule is CC(C)N1CC[C@H](O)[C@H]1C(=O)OC(C)(C)C. The van der Waals surface area contributed by atoms with Gasteiger partial charge in [0, 0.05) is 12.6 Å². The number of nitrogens with zero attached hydrogens (tertiary/aromatic N) is 1. The zero-order valence-electron chi connectivity index (χ0n) is 10.9. The minimum Gasteiger partial charge on any atom is -0.459 e. The van der Waals surface area contributed by atoms with E-state index >= 15 is 0 Å². The largest absolute Gasteiger partial charge is 0.459 e. The van der Waals surface area contributed by atoms with E-state index in [4.69, 9.17) is 4.74 Å². The number of esters is 1. The topological polar surface area (TPSA) is 49.8 Å². The second-order valence-corrected chi connectivity index (χ2v) is 5.67. The zero-order valence-corrected chi connectivity index (χ0v) is 10.9. The molecule has 1 N–H and O–H groups in total. The summed E-state index contributed by atoms with van der Waals surface area (Å²) < 4.78 is 5.33. The molecule has 0 saturated carbocycles. The van der Waals surface area contributed by atoms with Crippen LogP contribution in [-0.2, 0) is 9.53 Å². The molecule has 0 aromatic heterocycles. The highest BCUT2D eigenvalue weighted by molar-refractivity contribution is 5.77. The third-order valence-electron chi connectivity index (χ3n) is 2.72. The van der Waals surface area contributed by atoms with E-state index in [-0.39, 0.29) is 12.0 Å². The van der Waals surface area contributed by atoms with Crippen molar-refractivity contribution in [3.63, 3.8) is 0 Å². The van der Waals surface area contributed by atoms with Gasteiger partial charge >= 0.3 is 5.97 Å². The van der Waals surface area contributed by atoms with E-state index in [1.54, 1.807) is 0 Å². The maximum Gasteiger partial charge on any atom is 0.326 e. The summed E-state index contributed by atoms with van der Waals surface area (Å²) in [5.41, 5.74) is -0.498. The number of carbonyl (C=O) groups is 1. The molecule has 4 nitrogen and oxygen atoms in total. The van der Waals surface area contributed by atoms with E-state index in [9.17, 15) is 9.90 Å². The first-order valence-corrected chi connectivity index (χ1v) is 5.89. The standard InChI is InChI=1S/C12H23NO3/c1-8(2)13-7-6-9(14)10(13)11(15)16-12(3,4)5/h8-10,14H,6-7H2,1-5H3/t9-,10-/m0/s1. The van der Waals surface area contributed by atoms with Crippen molar-refractivity contribution in [1.82, 2.24) is 4.90 Å². The van der Waals surface area contributed by atoms with Crippen LogP contribution in [0.4, 0.5) is 0 Å². The molecule has 1 fully saturated rings. The minimum atomic E-state index is -0.600. The second kappa shape index (κ2) is 4.72. The van der Waals surface area contributed by atoms with Gasteiger partial charge in [-0.25, -0.2) is 0 Å². The third kappa shape index (κ3) is 3.19. The summed E-state index contributed by atoms with van der Waals surface area (Å²) >= 11 is 0. The van der Waals surface area contributed by atoms with Gasteiger partial charge in [-0.3, -0.25) is 9.69 Å². The Hall–Kier alpha value is -0.610. The summed E-state index contributed by atoms with van der Waals surface area (Å²) in [5.74, 6) is -0.314. The fraction of sp³-hybridized carbons (Fsp3) is 0.917. The van der Waals surface area contributed by atoms with Crippen LogP contribution in [0.25, 0.3) is 0 Å². The minimum absolute atomic E-state index is 0.245. The molecule has 0 aliphatic carbocycles. The van der Waals surface area contributed by atoms with Crippen molar-refractivity contribution in [2.75, 3.05) is 6.54 Å². The monoisotopic (exact) mass is 229 g/mol. The van der Waals surface area contributed by atoms with Crippen LogP contribution >= 0.6 is 0 Å². The summed E-state index contributed by atoms with van der Waals surface area (Å²) in [7, 11) is 0. The molecule has 0 unspecified atom stereocenters. The fourth-order valence-electron chi connectivity index (χ4n) is 2.03. The van der Waals surface area contributed by atoms with Crippen molar-refractivity contribution in [2.45, 2.75) is 64.8 Å². The van der Waals surface area contributed by atoms with Gasteiger partial charge in [0.25, 0.3) is 0 Å². The van der Waals surface area contributed by atoms with Crippen molar-refractivity contribution >= 4 is 5.97 Å². The molecule has 1 heterocycles. The van der Waals surface area contributed by atoms with Gasteiger partial charge in [-0.2, -0.15) is 0 Å². The Bertz CT molecular complexity index is 257. The van der Waals surface area contributed by atoms with Crippen LogP contribution in [0.3, 0.4) is 0 Å². The van der Waals surface area contributed by atoms with E-state index in [1.807, 2.05) is 39.5 Å². The van der Waals surface area contributed by atoms with E-state index in [2.05, 4.69) is 0 Å². The van der Waals surface area contributed by atoms with Crippen molar-refractivity contribution in [3.8, 4) is 0 Å². The predicted octanol–water partition coefficient (Wildman–Crippen LogP) is 1.17. The smallest absolute Gasteiger partial charge is 0.326 e. The summed E-state index contributed by atoms with van der Waals surface area (Å²) in [5, 5.41) is 9.83. The molecular weight excluding hydrogens is 206 g/mol. The van der Waals surface area contributed by atoms with Crippen LogP contribution in [0, 0.1) is 0 Å². The van der Waals surface area contributed by atoms with Crippen LogP contribution in [0.2, 0.25) is 0 Å². The Labute approximate surface area is 97.6 Å². The van der Waals surface area contributed by atoms with Crippen LogP contribution < -0.4 is 0 Å². The van der Waals surface area contributed by atoms with Gasteiger partial charge in [0.2, 0.25) is 0 Å². The van der Waals surface area contributed by atoms with Gasteiger partial charge in [-0.15, -0.1) is 0 Å². The maximum absolute atomic E-state index is 12.0. The van der Waals surface area contributed by atoms with Gasteiger partial charge in [0.15, 0.2) is 0 Å². The summed E-state index contributed by atoms with van der Waals surface area (Å²) in [4.78, 5) is 14.0. The zero-order chi connectivity index (χ0) is 12.5. The van der Waals surface area contributed by atoms with Crippen LogP contribution in [-0.4, -0.2) is 46.3 Å². The van der Waals surface area contributed by atoms with Gasteiger partial charge < -0.3 is 9.84 Å². The van der Waals surface area contributed by atoms with Crippen molar-refractivity contribution in [1.29, 1.82) is 0 Å². The van der Waals surface area contributed by atoms with Gasteiger partial charge in [-0.05, 0) is 41.0 Å². The molecule has 1 rings (SSSR count). The number of likely N-dealkylation sites (tertiary alicyclic amines) is 1. The quantitative estimate of drug-likeness (QED) is 0.722. The molecule has 0 aromatic carbocycles. The molecule has 94 valence electrons. The number of ether oxygens (including phenoxy) is 1. The van der Waals surface area contributed by atoms with E-state index in [1.165, 1.54) is 0 Å². The lowest BCUT2D eigenvalue weighted by atomic mass is 10.1. The lowest BCUT2D eigenvalue weighted by Gasteiger charge is -2.30. The van der Waals surface area contributed by atoms with Gasteiger partial charge in [-0.1, -0.05) is 0 Å². The highest BCUT2D eigenvalue weighted by Crippen LogP contribution is 2.23. The summed E-state index contributed by atoms with van der Waals surface area (Å²) in [6.07, 6.45) is 0.0412. The summed E-state index contributed by atoms with van der Waals surface area (Å²) in [6, 6.07) is -0.256. The molecule has 2 atom stereocenters. The van der Waals surface area contributed by atoms with E-state index in [0.717, 1.165) is 6.54 Å². The van der Waals surface area contributed by atoms with Crippen LogP contribution in [0.15, 0.2) is 0 Å². The number of hydrogen-bond acceptors (Lipinski definition) is 4. The van der Waals surface area contributed by atoms with Crippen molar-refractivity contribution in [3.05, 3.63) is 0 Å². The molecule has 0 spiro atoms. The van der Waals surface area contributed by atoms with Crippen molar-refractivity contribution in [2.24, 2.45) is 0 Å². The molecule has 0 radical (unpaired) electrons. The highest BCUT2D eigenvalue weighted by Gasteiger charge is 2.41. The molecule has 16 heavy (non-hydrogen) atoms. The Balaban J connectivity index is 2.72. The lowest BCUT2D eigenvalue weighted by molar-refractivity contribution is -0.163. The van der Waals surface area contributed by atoms with Crippen molar-refractivity contribution < 1.29 is 14.6 Å². The molecule has 4 heteroatoms. The molecule has 0 aromatic rings. The maximum atomic E-state index is 12.0. The third-order valence-corrected chi connectivity index (χ3v) is 2.72. The Kier molecular flexibility index (Phi) is 3.97. The molecule has 1 saturated heterocycles. The van der Waals surface area contributed by atoms with Crippen LogP contribution in [0.1, 0.15) is 41.0 Å². The predicted molar refractivity (Wildman–Crippen MR) is 62.1 cm³/mol. The molecule has 0 bridgehead atoms. The highest BCUT2D eigenvalue weighted by atomic mass is 16.6. The van der Waals surface area contributed by atoms with Crippen LogP contribution in [0.5, 0.6) is 0 Å². The van der Waals surface area contributed by atoms with Gasteiger partial charge in [0.1, 0.15) is 11.6 Å². The average molecular weight is 229 g/mol.